The number of allylic oxidation sites excluding steroid dienone is 12. The van der Waals surface area contributed by atoms with Gasteiger partial charge in [-0.2, -0.15) is 46.6 Å². The van der Waals surface area contributed by atoms with Gasteiger partial charge in [0.1, 0.15) is 0 Å². The van der Waals surface area contributed by atoms with E-state index in [2.05, 4.69) is 48.6 Å². The average Bonchev–Trinajstić information content (AvgIpc) is 3.31. The molecule has 3 heteroatoms. The molecule has 0 amide bonds. The van der Waals surface area contributed by atoms with Crippen LogP contribution in [0.4, 0.5) is 0 Å². The summed E-state index contributed by atoms with van der Waals surface area (Å²) in [5.74, 6) is 0. The minimum atomic E-state index is 0. The van der Waals surface area contributed by atoms with E-state index >= 15 is 0 Å². The molecule has 0 heterocycles. The zero-order valence-electron chi connectivity index (χ0n) is 14.9. The van der Waals surface area contributed by atoms with Gasteiger partial charge in [0.15, 0.2) is 0 Å². The molecule has 0 aliphatic heterocycles. The van der Waals surface area contributed by atoms with Gasteiger partial charge in [-0.05, 0) is 12.8 Å². The van der Waals surface area contributed by atoms with E-state index in [9.17, 15) is 0 Å². The van der Waals surface area contributed by atoms with Crippen molar-refractivity contribution in [1.82, 2.24) is 0 Å². The van der Waals surface area contributed by atoms with Crippen LogP contribution in [0.1, 0.15) is 64.2 Å². The minimum Gasteiger partial charge on any atom is -0.198 e. The Morgan fingerprint density at radius 3 is 1.36 bits per heavy atom. The maximum absolute atomic E-state index is 3.36. The summed E-state index contributed by atoms with van der Waals surface area (Å²) in [7, 11) is 0. The first-order chi connectivity index (χ1) is 10.9. The molecular weight excluding hydrogens is 426 g/mol. The van der Waals surface area contributed by atoms with Crippen molar-refractivity contribution in [3.05, 3.63) is 70.9 Å². The van der Waals surface area contributed by atoms with Crippen molar-refractivity contribution in [1.29, 1.82) is 0 Å². The minimum absolute atomic E-state index is 0. The summed E-state index contributed by atoms with van der Waals surface area (Å²) in [6.07, 6.45) is 32.9. The van der Waals surface area contributed by atoms with E-state index in [4.69, 9.17) is 0 Å². The summed E-state index contributed by atoms with van der Waals surface area (Å²) in [5, 5.41) is 0. The summed E-state index contributed by atoms with van der Waals surface area (Å²) in [6, 6.07) is 0. The monoisotopic (exact) mass is 452 g/mol. The third-order valence-electron chi connectivity index (χ3n) is 4.66. The van der Waals surface area contributed by atoms with Crippen LogP contribution >= 0.6 is 24.8 Å². The Morgan fingerprint density at radius 1 is 0.640 bits per heavy atom. The standard InChI is InChI=1S/2C11H13.2ClH.Zr/c2*1-2-6-10(7-3-1)11-8-4-5-9-11;;;/h2*4,6,8H,1-3,5,7H2;2*1H;/q2*-1;;;+2. The van der Waals surface area contributed by atoms with Crippen LogP contribution in [0.5, 0.6) is 0 Å². The van der Waals surface area contributed by atoms with Gasteiger partial charge in [0, 0.05) is 0 Å². The molecule has 0 spiro atoms. The van der Waals surface area contributed by atoms with Crippen molar-refractivity contribution in [2.75, 3.05) is 0 Å². The van der Waals surface area contributed by atoms with E-state index in [0.29, 0.717) is 0 Å². The Hall–Kier alpha value is -0.0969. The van der Waals surface area contributed by atoms with Crippen LogP contribution in [0.25, 0.3) is 0 Å². The van der Waals surface area contributed by atoms with E-state index in [1.807, 2.05) is 0 Å². The van der Waals surface area contributed by atoms with Crippen LogP contribution in [0.2, 0.25) is 0 Å². The van der Waals surface area contributed by atoms with E-state index in [-0.39, 0.29) is 51.0 Å². The molecule has 0 unspecified atom stereocenters. The molecule has 0 aromatic heterocycles. The molecule has 0 bridgehead atoms. The molecule has 0 nitrogen and oxygen atoms in total. The van der Waals surface area contributed by atoms with E-state index in [1.165, 1.54) is 73.7 Å². The fourth-order valence-corrected chi connectivity index (χ4v) is 3.42. The first-order valence-electron chi connectivity index (χ1n) is 8.87. The Morgan fingerprint density at radius 2 is 1.08 bits per heavy atom. The van der Waals surface area contributed by atoms with Crippen molar-refractivity contribution in [2.24, 2.45) is 0 Å². The molecule has 0 radical (unpaired) electrons. The van der Waals surface area contributed by atoms with E-state index in [0.717, 1.165) is 12.8 Å². The summed E-state index contributed by atoms with van der Waals surface area (Å²) in [4.78, 5) is 0. The van der Waals surface area contributed by atoms with Gasteiger partial charge in [0.25, 0.3) is 0 Å². The van der Waals surface area contributed by atoms with Gasteiger partial charge < -0.3 is 0 Å². The Balaban J connectivity index is 0.000000411. The summed E-state index contributed by atoms with van der Waals surface area (Å²) in [6.45, 7) is 0. The molecular formula is C22H28Cl2Zr. The second kappa shape index (κ2) is 14.0. The number of halogens is 2. The van der Waals surface area contributed by atoms with Gasteiger partial charge in [-0.1, -0.05) is 51.4 Å². The fourth-order valence-electron chi connectivity index (χ4n) is 3.42. The van der Waals surface area contributed by atoms with E-state index in [1.54, 1.807) is 0 Å². The summed E-state index contributed by atoms with van der Waals surface area (Å²) >= 11 is 0. The summed E-state index contributed by atoms with van der Waals surface area (Å²) in [5.41, 5.74) is 5.80. The van der Waals surface area contributed by atoms with Crippen LogP contribution in [0.15, 0.2) is 58.7 Å². The molecule has 4 rings (SSSR count). The van der Waals surface area contributed by atoms with Crippen molar-refractivity contribution >= 4 is 24.8 Å². The van der Waals surface area contributed by atoms with Crippen molar-refractivity contribution in [3.63, 3.8) is 0 Å². The Labute approximate surface area is 185 Å². The Bertz CT molecular complexity index is 525. The maximum Gasteiger partial charge on any atom is 2.00 e. The maximum atomic E-state index is 3.36. The molecule has 4 aliphatic rings. The van der Waals surface area contributed by atoms with Crippen LogP contribution in [-0.2, 0) is 26.2 Å². The number of hydrogen-bond acceptors (Lipinski definition) is 0. The predicted octanol–water partition coefficient (Wildman–Crippen LogP) is 7.19. The second-order valence-electron chi connectivity index (χ2n) is 6.34. The average molecular weight is 455 g/mol. The fraction of sp³-hybridized carbons (Fsp3) is 0.455. The molecule has 0 atom stereocenters. The normalized spacial score (nSPS) is 20.5. The van der Waals surface area contributed by atoms with Crippen LogP contribution in [-0.4, -0.2) is 0 Å². The topological polar surface area (TPSA) is 0 Å². The van der Waals surface area contributed by atoms with Gasteiger partial charge in [0.2, 0.25) is 0 Å². The Kier molecular flexibility index (Phi) is 14.0. The molecule has 0 aromatic carbocycles. The van der Waals surface area contributed by atoms with Gasteiger partial charge in [0.05, 0.1) is 0 Å². The van der Waals surface area contributed by atoms with Crippen LogP contribution in [0.3, 0.4) is 0 Å². The van der Waals surface area contributed by atoms with Gasteiger partial charge in [-0.25, -0.2) is 0 Å². The third kappa shape index (κ3) is 7.98. The zero-order chi connectivity index (χ0) is 15.0. The molecule has 0 fully saturated rings. The van der Waals surface area contributed by atoms with Gasteiger partial charge in [-0.3, -0.25) is 0 Å². The van der Waals surface area contributed by atoms with Crippen LogP contribution < -0.4 is 0 Å². The largest absolute Gasteiger partial charge is 2.00 e. The molecule has 134 valence electrons. The summed E-state index contributed by atoms with van der Waals surface area (Å²) < 4.78 is 0. The number of rotatable bonds is 2. The molecule has 0 saturated heterocycles. The van der Waals surface area contributed by atoms with Crippen molar-refractivity contribution in [2.45, 2.75) is 64.2 Å². The third-order valence-corrected chi connectivity index (χ3v) is 4.66. The molecule has 25 heavy (non-hydrogen) atoms. The zero-order valence-corrected chi connectivity index (χ0v) is 18.9. The van der Waals surface area contributed by atoms with Crippen LogP contribution in [0, 0.1) is 12.2 Å². The van der Waals surface area contributed by atoms with Crippen molar-refractivity contribution < 1.29 is 26.2 Å². The van der Waals surface area contributed by atoms with Gasteiger partial charge >= 0.3 is 26.2 Å². The first-order valence-corrected chi connectivity index (χ1v) is 8.87. The molecule has 0 N–H and O–H groups in total. The van der Waals surface area contributed by atoms with Gasteiger partial charge in [-0.15, -0.1) is 49.1 Å². The first kappa shape index (κ1) is 24.9. The van der Waals surface area contributed by atoms with Crippen molar-refractivity contribution in [3.8, 4) is 0 Å². The second-order valence-corrected chi connectivity index (χ2v) is 6.34. The quantitative estimate of drug-likeness (QED) is 0.387. The SMILES string of the molecule is Cl.Cl.[C-]1=C(C2=CCCCC2)C=CC1.[C-]1=C(C2=CCCCC2)C=CC1.[Zr+2]. The molecule has 4 aliphatic carbocycles. The molecule has 0 saturated carbocycles. The number of hydrogen-bond donors (Lipinski definition) is 0. The smallest absolute Gasteiger partial charge is 0.198 e. The molecule has 0 aromatic rings. The predicted molar refractivity (Wildman–Crippen MR) is 109 cm³/mol. The van der Waals surface area contributed by atoms with E-state index < -0.39 is 0 Å².